The van der Waals surface area contributed by atoms with Crippen LogP contribution in [-0.4, -0.2) is 48.1 Å². The average Bonchev–Trinajstić information content (AvgIpc) is 2.99. The monoisotopic (exact) mass is 287 g/mol. The molecule has 3 atom stereocenters. The minimum absolute atomic E-state index is 0.346. The molecule has 3 unspecified atom stereocenters. The van der Waals surface area contributed by atoms with E-state index in [4.69, 9.17) is 5.73 Å². The van der Waals surface area contributed by atoms with Crippen molar-refractivity contribution >= 4 is 0 Å². The van der Waals surface area contributed by atoms with Crippen molar-refractivity contribution < 1.29 is 0 Å². The summed E-state index contributed by atoms with van der Waals surface area (Å²) in [7, 11) is 0. The molecule has 21 heavy (non-hydrogen) atoms. The third kappa shape index (κ3) is 3.85. The average molecular weight is 287 g/mol. The molecule has 0 saturated carbocycles. The summed E-state index contributed by atoms with van der Waals surface area (Å²) in [5.74, 6) is 0.703. The van der Waals surface area contributed by atoms with Crippen molar-refractivity contribution in [2.75, 3.05) is 26.2 Å². The van der Waals surface area contributed by atoms with Gasteiger partial charge in [0.25, 0.3) is 0 Å². The number of piperidine rings is 1. The Morgan fingerprint density at radius 1 is 1.14 bits per heavy atom. The van der Waals surface area contributed by atoms with Crippen LogP contribution < -0.4 is 5.73 Å². The zero-order valence-corrected chi connectivity index (χ0v) is 13.2. The van der Waals surface area contributed by atoms with Crippen LogP contribution in [0.5, 0.6) is 0 Å². The molecule has 0 aliphatic carbocycles. The van der Waals surface area contributed by atoms with Crippen molar-refractivity contribution in [1.82, 2.24) is 9.80 Å². The highest BCUT2D eigenvalue weighted by Crippen LogP contribution is 2.25. The topological polar surface area (TPSA) is 32.5 Å². The van der Waals surface area contributed by atoms with E-state index < -0.39 is 0 Å². The number of hydrogen-bond donors (Lipinski definition) is 1. The van der Waals surface area contributed by atoms with Gasteiger partial charge in [-0.1, -0.05) is 30.3 Å². The summed E-state index contributed by atoms with van der Waals surface area (Å²) in [6.07, 6.45) is 3.97. The van der Waals surface area contributed by atoms with Crippen molar-refractivity contribution in [2.45, 2.75) is 44.8 Å². The Morgan fingerprint density at radius 3 is 2.67 bits per heavy atom. The fraction of sp³-hybridized carbons (Fsp3) is 0.667. The molecule has 0 radical (unpaired) electrons. The largest absolute Gasteiger partial charge is 0.328 e. The Balaban J connectivity index is 1.54. The molecule has 0 amide bonds. The molecule has 2 saturated heterocycles. The lowest BCUT2D eigenvalue weighted by atomic mass is 10.0. The molecule has 3 nitrogen and oxygen atoms in total. The number of hydrogen-bond acceptors (Lipinski definition) is 3. The second-order valence-electron chi connectivity index (χ2n) is 6.92. The molecule has 0 spiro atoms. The van der Waals surface area contributed by atoms with E-state index in [1.54, 1.807) is 0 Å². The maximum Gasteiger partial charge on any atom is 0.0234 e. The van der Waals surface area contributed by atoms with E-state index in [2.05, 4.69) is 47.1 Å². The molecule has 3 rings (SSSR count). The van der Waals surface area contributed by atoms with Crippen molar-refractivity contribution in [1.29, 1.82) is 0 Å². The smallest absolute Gasteiger partial charge is 0.0234 e. The standard InChI is InChI=1S/C18H29N3/c1-15(19)17-9-11-21(13-17)18-8-5-10-20(14-18)12-16-6-3-2-4-7-16/h2-4,6-7,15,17-18H,5,8-14,19H2,1H3. The number of nitrogens with zero attached hydrogens (tertiary/aromatic N) is 2. The van der Waals surface area contributed by atoms with Gasteiger partial charge in [-0.05, 0) is 50.8 Å². The first kappa shape index (κ1) is 15.0. The van der Waals surface area contributed by atoms with Crippen LogP contribution in [0.15, 0.2) is 30.3 Å². The lowest BCUT2D eigenvalue weighted by Crippen LogP contribution is -2.47. The fourth-order valence-corrected chi connectivity index (χ4v) is 3.89. The van der Waals surface area contributed by atoms with E-state index >= 15 is 0 Å². The van der Waals surface area contributed by atoms with Gasteiger partial charge in [-0.2, -0.15) is 0 Å². The van der Waals surface area contributed by atoms with Crippen molar-refractivity contribution in [3.8, 4) is 0 Å². The van der Waals surface area contributed by atoms with Gasteiger partial charge in [0.2, 0.25) is 0 Å². The number of nitrogens with two attached hydrogens (primary N) is 1. The number of benzene rings is 1. The Kier molecular flexibility index (Phi) is 4.94. The van der Waals surface area contributed by atoms with Crippen LogP contribution in [-0.2, 0) is 6.54 Å². The van der Waals surface area contributed by atoms with E-state index in [1.807, 2.05) is 0 Å². The van der Waals surface area contributed by atoms with Crippen LogP contribution >= 0.6 is 0 Å². The lowest BCUT2D eigenvalue weighted by molar-refractivity contribution is 0.107. The van der Waals surface area contributed by atoms with Gasteiger partial charge in [0, 0.05) is 31.7 Å². The Morgan fingerprint density at radius 2 is 1.95 bits per heavy atom. The van der Waals surface area contributed by atoms with Gasteiger partial charge in [0.1, 0.15) is 0 Å². The molecule has 0 aromatic heterocycles. The van der Waals surface area contributed by atoms with E-state index in [9.17, 15) is 0 Å². The summed E-state index contributed by atoms with van der Waals surface area (Å²) in [5, 5.41) is 0. The summed E-state index contributed by atoms with van der Waals surface area (Å²) in [4.78, 5) is 5.33. The molecule has 1 aromatic carbocycles. The molecule has 1 aromatic rings. The van der Waals surface area contributed by atoms with Gasteiger partial charge in [-0.15, -0.1) is 0 Å². The second-order valence-corrected chi connectivity index (χ2v) is 6.92. The van der Waals surface area contributed by atoms with Crippen LogP contribution in [0, 0.1) is 5.92 Å². The minimum atomic E-state index is 0.346. The Hall–Kier alpha value is -0.900. The molecule has 2 aliphatic heterocycles. The zero-order chi connectivity index (χ0) is 14.7. The van der Waals surface area contributed by atoms with E-state index in [0.717, 1.165) is 12.6 Å². The Bertz CT molecular complexity index is 431. The molecule has 3 heteroatoms. The van der Waals surface area contributed by atoms with Crippen LogP contribution in [0.3, 0.4) is 0 Å². The predicted octanol–water partition coefficient (Wildman–Crippen LogP) is 2.32. The summed E-state index contributed by atoms with van der Waals surface area (Å²) in [6, 6.07) is 12.0. The molecule has 2 fully saturated rings. The van der Waals surface area contributed by atoms with Crippen LogP contribution in [0.4, 0.5) is 0 Å². The van der Waals surface area contributed by atoms with Crippen molar-refractivity contribution in [3.63, 3.8) is 0 Å². The maximum atomic E-state index is 6.08. The minimum Gasteiger partial charge on any atom is -0.328 e. The molecule has 2 N–H and O–H groups in total. The number of rotatable bonds is 4. The molecule has 2 aliphatic rings. The zero-order valence-electron chi connectivity index (χ0n) is 13.2. The highest BCUT2D eigenvalue weighted by molar-refractivity contribution is 5.14. The van der Waals surface area contributed by atoms with Crippen LogP contribution in [0.2, 0.25) is 0 Å². The quantitative estimate of drug-likeness (QED) is 0.922. The van der Waals surface area contributed by atoms with Crippen molar-refractivity contribution in [2.24, 2.45) is 11.7 Å². The summed E-state index contributed by atoms with van der Waals surface area (Å²) < 4.78 is 0. The highest BCUT2D eigenvalue weighted by atomic mass is 15.2. The first-order valence-electron chi connectivity index (χ1n) is 8.48. The maximum absolute atomic E-state index is 6.08. The van der Waals surface area contributed by atoms with Crippen LogP contribution in [0.1, 0.15) is 31.7 Å². The predicted molar refractivity (Wildman–Crippen MR) is 88.1 cm³/mol. The lowest BCUT2D eigenvalue weighted by Gasteiger charge is -2.38. The van der Waals surface area contributed by atoms with Gasteiger partial charge in [0.15, 0.2) is 0 Å². The molecule has 2 heterocycles. The summed E-state index contributed by atoms with van der Waals surface area (Å²) in [6.45, 7) is 8.19. The van der Waals surface area contributed by atoms with Crippen molar-refractivity contribution in [3.05, 3.63) is 35.9 Å². The SMILES string of the molecule is CC(N)C1CCN(C2CCCN(Cc3ccccc3)C2)C1. The first-order valence-corrected chi connectivity index (χ1v) is 8.48. The van der Waals surface area contributed by atoms with Crippen LogP contribution in [0.25, 0.3) is 0 Å². The number of likely N-dealkylation sites (tertiary alicyclic amines) is 2. The van der Waals surface area contributed by atoms with Gasteiger partial charge < -0.3 is 5.73 Å². The third-order valence-corrected chi connectivity index (χ3v) is 5.25. The van der Waals surface area contributed by atoms with Gasteiger partial charge in [-0.25, -0.2) is 0 Å². The third-order valence-electron chi connectivity index (χ3n) is 5.25. The van der Waals surface area contributed by atoms with E-state index in [-0.39, 0.29) is 0 Å². The molecule has 116 valence electrons. The molecular weight excluding hydrogens is 258 g/mol. The fourth-order valence-electron chi connectivity index (χ4n) is 3.89. The van der Waals surface area contributed by atoms with E-state index in [1.165, 1.54) is 51.0 Å². The van der Waals surface area contributed by atoms with Gasteiger partial charge in [0.05, 0.1) is 0 Å². The first-order chi connectivity index (χ1) is 10.2. The van der Waals surface area contributed by atoms with Gasteiger partial charge in [-0.3, -0.25) is 9.80 Å². The van der Waals surface area contributed by atoms with E-state index in [0.29, 0.717) is 12.0 Å². The second kappa shape index (κ2) is 6.91. The molecule has 0 bridgehead atoms. The summed E-state index contributed by atoms with van der Waals surface area (Å²) in [5.41, 5.74) is 7.52. The Labute approximate surface area is 129 Å². The summed E-state index contributed by atoms with van der Waals surface area (Å²) >= 11 is 0. The van der Waals surface area contributed by atoms with Gasteiger partial charge >= 0.3 is 0 Å². The molecular formula is C18H29N3. The highest BCUT2D eigenvalue weighted by Gasteiger charge is 2.32. The normalized spacial score (nSPS) is 29.6.